The predicted octanol–water partition coefficient (Wildman–Crippen LogP) is 4.94. The molecule has 0 spiro atoms. The molecule has 1 aromatic heterocycles. The largest absolute Gasteiger partial charge is 0.325 e. The summed E-state index contributed by atoms with van der Waals surface area (Å²) in [5, 5.41) is 6.07. The average Bonchev–Trinajstić information content (AvgIpc) is 3.04. The average molecular weight is 361 g/mol. The van der Waals surface area contributed by atoms with Gasteiger partial charge in [0, 0.05) is 17.6 Å². The number of hydrogen-bond donors (Lipinski definition) is 1. The summed E-state index contributed by atoms with van der Waals surface area (Å²) < 4.78 is 2.14. The smallest absolute Gasteiger partial charge is 0.234 e. The van der Waals surface area contributed by atoms with E-state index in [9.17, 15) is 4.79 Å². The molecule has 130 valence electrons. The standard InChI is InChI=1S/C21H19N3OS/c1-2-24-19-13-6-5-11-18(19)23-21(24)26-14-20(25)22-17-12-7-9-15-8-3-4-10-16(15)17/h3-13H,2,14H2,1H3,(H,22,25). The van der Waals surface area contributed by atoms with Gasteiger partial charge in [0.2, 0.25) is 5.91 Å². The van der Waals surface area contributed by atoms with Crippen molar-refractivity contribution < 1.29 is 4.79 Å². The van der Waals surface area contributed by atoms with Crippen molar-refractivity contribution in [3.05, 3.63) is 66.7 Å². The summed E-state index contributed by atoms with van der Waals surface area (Å²) in [4.78, 5) is 17.1. The Morgan fingerprint density at radius 2 is 1.81 bits per heavy atom. The fraction of sp³-hybridized carbons (Fsp3) is 0.143. The lowest BCUT2D eigenvalue weighted by atomic mass is 10.1. The van der Waals surface area contributed by atoms with Crippen molar-refractivity contribution in [3.8, 4) is 0 Å². The molecule has 0 aliphatic heterocycles. The molecule has 1 N–H and O–H groups in total. The lowest BCUT2D eigenvalue weighted by Crippen LogP contribution is -2.14. The highest BCUT2D eigenvalue weighted by Gasteiger charge is 2.12. The first-order chi connectivity index (χ1) is 12.8. The van der Waals surface area contributed by atoms with Crippen LogP contribution in [0.3, 0.4) is 0 Å². The minimum atomic E-state index is -0.0268. The highest BCUT2D eigenvalue weighted by Crippen LogP contribution is 2.26. The number of carbonyl (C=O) groups excluding carboxylic acids is 1. The van der Waals surface area contributed by atoms with Crippen LogP contribution in [-0.2, 0) is 11.3 Å². The van der Waals surface area contributed by atoms with Crippen LogP contribution in [0.4, 0.5) is 5.69 Å². The van der Waals surface area contributed by atoms with Gasteiger partial charge in [-0.2, -0.15) is 0 Å². The highest BCUT2D eigenvalue weighted by molar-refractivity contribution is 7.99. The summed E-state index contributed by atoms with van der Waals surface area (Å²) in [7, 11) is 0. The van der Waals surface area contributed by atoms with E-state index in [1.807, 2.05) is 60.7 Å². The van der Waals surface area contributed by atoms with E-state index in [2.05, 4.69) is 27.9 Å². The molecule has 0 unspecified atom stereocenters. The van der Waals surface area contributed by atoms with Gasteiger partial charge in [0.15, 0.2) is 5.16 Å². The highest BCUT2D eigenvalue weighted by atomic mass is 32.2. The number of amides is 1. The number of carbonyl (C=O) groups is 1. The Bertz CT molecular complexity index is 1080. The second-order valence-corrected chi connectivity index (χ2v) is 6.93. The second kappa shape index (κ2) is 7.22. The fourth-order valence-corrected chi connectivity index (χ4v) is 4.00. The topological polar surface area (TPSA) is 46.9 Å². The third kappa shape index (κ3) is 3.18. The molecule has 0 fully saturated rings. The molecule has 1 heterocycles. The maximum Gasteiger partial charge on any atom is 0.234 e. The molecule has 0 saturated carbocycles. The number of rotatable bonds is 5. The van der Waals surface area contributed by atoms with Crippen molar-refractivity contribution in [1.82, 2.24) is 9.55 Å². The van der Waals surface area contributed by atoms with Crippen LogP contribution >= 0.6 is 11.8 Å². The van der Waals surface area contributed by atoms with E-state index in [-0.39, 0.29) is 5.91 Å². The van der Waals surface area contributed by atoms with Crippen LogP contribution < -0.4 is 5.32 Å². The van der Waals surface area contributed by atoms with Gasteiger partial charge in [-0.05, 0) is 30.5 Å². The van der Waals surface area contributed by atoms with Gasteiger partial charge in [-0.1, -0.05) is 60.3 Å². The van der Waals surface area contributed by atoms with E-state index in [4.69, 9.17) is 0 Å². The minimum absolute atomic E-state index is 0.0268. The summed E-state index contributed by atoms with van der Waals surface area (Å²) in [5.74, 6) is 0.299. The van der Waals surface area contributed by atoms with Gasteiger partial charge in [0.1, 0.15) is 0 Å². The zero-order valence-corrected chi connectivity index (χ0v) is 15.3. The van der Waals surface area contributed by atoms with E-state index in [0.29, 0.717) is 5.75 Å². The number of imidazole rings is 1. The lowest BCUT2D eigenvalue weighted by molar-refractivity contribution is -0.113. The van der Waals surface area contributed by atoms with Gasteiger partial charge >= 0.3 is 0 Å². The molecule has 0 aliphatic rings. The Balaban J connectivity index is 1.51. The van der Waals surface area contributed by atoms with Gasteiger partial charge < -0.3 is 9.88 Å². The van der Waals surface area contributed by atoms with E-state index in [1.165, 1.54) is 11.8 Å². The van der Waals surface area contributed by atoms with Crippen LogP contribution in [0.2, 0.25) is 0 Å². The molecule has 0 aliphatic carbocycles. The Morgan fingerprint density at radius 1 is 1.04 bits per heavy atom. The monoisotopic (exact) mass is 361 g/mol. The van der Waals surface area contributed by atoms with Crippen molar-refractivity contribution in [3.63, 3.8) is 0 Å². The summed E-state index contributed by atoms with van der Waals surface area (Å²) in [6.45, 7) is 2.92. The second-order valence-electron chi connectivity index (χ2n) is 5.99. The number of fused-ring (bicyclic) bond motifs is 2. The minimum Gasteiger partial charge on any atom is -0.325 e. The Hall–Kier alpha value is -2.79. The summed E-state index contributed by atoms with van der Waals surface area (Å²) in [6.07, 6.45) is 0. The quantitative estimate of drug-likeness (QED) is 0.512. The molecule has 0 bridgehead atoms. The SMILES string of the molecule is CCn1c(SCC(=O)Nc2cccc3ccccc23)nc2ccccc21. The molecule has 0 radical (unpaired) electrons. The first-order valence-electron chi connectivity index (χ1n) is 8.62. The van der Waals surface area contributed by atoms with Crippen molar-refractivity contribution in [2.24, 2.45) is 0 Å². The van der Waals surface area contributed by atoms with Crippen molar-refractivity contribution >= 4 is 45.2 Å². The molecular formula is C21H19N3OS. The number of nitrogens with one attached hydrogen (secondary N) is 1. The van der Waals surface area contributed by atoms with Crippen LogP contribution in [0.15, 0.2) is 71.9 Å². The summed E-state index contributed by atoms with van der Waals surface area (Å²) >= 11 is 1.47. The zero-order chi connectivity index (χ0) is 17.9. The van der Waals surface area contributed by atoms with Crippen molar-refractivity contribution in [2.75, 3.05) is 11.1 Å². The van der Waals surface area contributed by atoms with Crippen molar-refractivity contribution in [2.45, 2.75) is 18.6 Å². The number of nitrogens with zero attached hydrogens (tertiary/aromatic N) is 2. The third-order valence-electron chi connectivity index (χ3n) is 4.33. The number of anilines is 1. The number of para-hydroxylation sites is 2. The molecule has 0 atom stereocenters. The lowest BCUT2D eigenvalue weighted by Gasteiger charge is -2.09. The Labute approximate surface area is 156 Å². The third-order valence-corrected chi connectivity index (χ3v) is 5.31. The Kier molecular flexibility index (Phi) is 4.63. The van der Waals surface area contributed by atoms with E-state index >= 15 is 0 Å². The Morgan fingerprint density at radius 3 is 2.69 bits per heavy atom. The van der Waals surface area contributed by atoms with Crippen LogP contribution in [0.1, 0.15) is 6.92 Å². The molecule has 5 heteroatoms. The molecule has 26 heavy (non-hydrogen) atoms. The van der Waals surface area contributed by atoms with E-state index < -0.39 is 0 Å². The molecule has 3 aromatic carbocycles. The van der Waals surface area contributed by atoms with Crippen molar-refractivity contribution in [1.29, 1.82) is 0 Å². The number of thioether (sulfide) groups is 1. The summed E-state index contributed by atoms with van der Waals surface area (Å²) in [6, 6.07) is 22.0. The predicted molar refractivity (Wildman–Crippen MR) is 109 cm³/mol. The van der Waals surface area contributed by atoms with Gasteiger partial charge in [-0.25, -0.2) is 4.98 Å². The molecule has 0 saturated heterocycles. The normalized spacial score (nSPS) is 11.1. The fourth-order valence-electron chi connectivity index (χ4n) is 3.12. The number of benzene rings is 3. The van der Waals surface area contributed by atoms with Crippen LogP contribution in [-0.4, -0.2) is 21.2 Å². The van der Waals surface area contributed by atoms with Gasteiger partial charge in [-0.3, -0.25) is 4.79 Å². The molecule has 1 amide bonds. The van der Waals surface area contributed by atoms with E-state index in [0.717, 1.165) is 39.2 Å². The number of aryl methyl sites for hydroxylation is 1. The zero-order valence-electron chi connectivity index (χ0n) is 14.5. The van der Waals surface area contributed by atoms with Gasteiger partial charge in [0.05, 0.1) is 16.8 Å². The number of hydrogen-bond acceptors (Lipinski definition) is 3. The van der Waals surface area contributed by atoms with E-state index in [1.54, 1.807) is 0 Å². The van der Waals surface area contributed by atoms with Crippen LogP contribution in [0.25, 0.3) is 21.8 Å². The maximum atomic E-state index is 12.5. The first-order valence-corrected chi connectivity index (χ1v) is 9.60. The molecular weight excluding hydrogens is 342 g/mol. The molecule has 4 aromatic rings. The molecule has 4 nitrogen and oxygen atoms in total. The maximum absolute atomic E-state index is 12.5. The number of aromatic nitrogens is 2. The van der Waals surface area contributed by atoms with Crippen LogP contribution in [0, 0.1) is 0 Å². The molecule has 4 rings (SSSR count). The first kappa shape index (κ1) is 16.7. The summed E-state index contributed by atoms with van der Waals surface area (Å²) in [5.41, 5.74) is 2.91. The van der Waals surface area contributed by atoms with Crippen LogP contribution in [0.5, 0.6) is 0 Å². The van der Waals surface area contributed by atoms with Gasteiger partial charge in [0.25, 0.3) is 0 Å². The van der Waals surface area contributed by atoms with Gasteiger partial charge in [-0.15, -0.1) is 0 Å².